The minimum absolute atomic E-state index is 0.0440. The zero-order chi connectivity index (χ0) is 20.6. The zero-order valence-corrected chi connectivity index (χ0v) is 18.1. The molecular weight excluding hydrogens is 352 g/mol. The predicted molar refractivity (Wildman–Crippen MR) is 109 cm³/mol. The Morgan fingerprint density at radius 1 is 1.11 bits per heavy atom. The molecule has 2 bridgehead atoms. The van der Waals surface area contributed by atoms with E-state index in [0.29, 0.717) is 29.6 Å². The zero-order valence-electron chi connectivity index (χ0n) is 18.1. The number of carbonyl (C=O) groups is 2. The molecule has 4 nitrogen and oxygen atoms in total. The van der Waals surface area contributed by atoms with Gasteiger partial charge in [-0.1, -0.05) is 51.3 Å². The van der Waals surface area contributed by atoms with E-state index < -0.39 is 11.6 Å². The lowest BCUT2D eigenvalue weighted by atomic mass is 9.69. The lowest BCUT2D eigenvalue weighted by molar-refractivity contribution is -0.155. The van der Waals surface area contributed by atoms with Gasteiger partial charge in [-0.2, -0.15) is 0 Å². The van der Waals surface area contributed by atoms with Crippen LogP contribution in [0.25, 0.3) is 0 Å². The quantitative estimate of drug-likeness (QED) is 0.355. The molecule has 0 saturated heterocycles. The Hall–Kier alpha value is -1.84. The van der Waals surface area contributed by atoms with E-state index in [9.17, 15) is 9.59 Å². The number of ketones is 1. The van der Waals surface area contributed by atoms with Crippen molar-refractivity contribution in [1.82, 2.24) is 0 Å². The molecule has 154 valence electrons. The van der Waals surface area contributed by atoms with Crippen LogP contribution in [-0.4, -0.2) is 24.5 Å². The smallest absolute Gasteiger partial charge is 0.346 e. The van der Waals surface area contributed by atoms with E-state index in [-0.39, 0.29) is 23.2 Å². The number of allylic oxidation sites excluding steroid dienone is 3. The number of hydrogen-bond acceptors (Lipinski definition) is 4. The summed E-state index contributed by atoms with van der Waals surface area (Å²) >= 11 is 0. The van der Waals surface area contributed by atoms with Crippen LogP contribution in [0.3, 0.4) is 0 Å². The first-order valence-corrected chi connectivity index (χ1v) is 10.6. The third kappa shape index (κ3) is 3.58. The van der Waals surface area contributed by atoms with Crippen LogP contribution in [0.5, 0.6) is 0 Å². The molecule has 0 unspecified atom stereocenters. The van der Waals surface area contributed by atoms with Crippen LogP contribution in [0.15, 0.2) is 34.6 Å². The van der Waals surface area contributed by atoms with Crippen molar-refractivity contribution in [1.29, 1.82) is 0 Å². The van der Waals surface area contributed by atoms with Gasteiger partial charge >= 0.3 is 5.97 Å². The van der Waals surface area contributed by atoms with E-state index in [4.69, 9.17) is 9.47 Å². The summed E-state index contributed by atoms with van der Waals surface area (Å²) in [6.45, 7) is 10.5. The molecule has 28 heavy (non-hydrogen) atoms. The normalized spacial score (nSPS) is 38.9. The Kier molecular flexibility index (Phi) is 5.88. The van der Waals surface area contributed by atoms with Gasteiger partial charge in [0, 0.05) is 12.3 Å². The van der Waals surface area contributed by atoms with Gasteiger partial charge in [0.05, 0.1) is 7.11 Å². The fourth-order valence-corrected chi connectivity index (χ4v) is 5.32. The van der Waals surface area contributed by atoms with Gasteiger partial charge in [0.2, 0.25) is 0 Å². The monoisotopic (exact) mass is 386 g/mol. The standard InChI is InChI=1S/C24H34O4/c1-14-8-7-9-19-12-16(3)18(5)13-24(19)22(27-6)20(23(26)28-24)21(25)17(4)11-15(2)10-14/h11-12,14-15,18-19H,7-10,13H2,1-6H3/b17-11+/t14-,15-,18+,19+,24+/m0/s1. The highest BCUT2D eigenvalue weighted by Gasteiger charge is 2.57. The number of esters is 1. The summed E-state index contributed by atoms with van der Waals surface area (Å²) in [6.07, 6.45) is 9.10. The van der Waals surface area contributed by atoms with Gasteiger partial charge in [-0.3, -0.25) is 4.79 Å². The third-order valence-corrected chi connectivity index (χ3v) is 6.85. The molecule has 0 N–H and O–H groups in total. The van der Waals surface area contributed by atoms with Crippen LogP contribution in [-0.2, 0) is 19.1 Å². The first-order chi connectivity index (χ1) is 13.2. The second kappa shape index (κ2) is 7.88. The van der Waals surface area contributed by atoms with E-state index in [1.807, 2.05) is 6.08 Å². The molecule has 3 rings (SSSR count). The summed E-state index contributed by atoms with van der Waals surface area (Å²) in [5.41, 5.74) is 1.17. The van der Waals surface area contributed by atoms with E-state index in [0.717, 1.165) is 25.7 Å². The maximum absolute atomic E-state index is 13.2. The van der Waals surface area contributed by atoms with Gasteiger partial charge in [0.15, 0.2) is 17.1 Å². The van der Waals surface area contributed by atoms with Crippen molar-refractivity contribution in [2.24, 2.45) is 23.7 Å². The molecule has 5 atom stereocenters. The topological polar surface area (TPSA) is 52.6 Å². The van der Waals surface area contributed by atoms with E-state index in [1.54, 1.807) is 14.0 Å². The molecule has 3 aliphatic rings. The van der Waals surface area contributed by atoms with Crippen LogP contribution >= 0.6 is 0 Å². The minimum atomic E-state index is -0.848. The summed E-state index contributed by atoms with van der Waals surface area (Å²) in [7, 11) is 1.56. The summed E-state index contributed by atoms with van der Waals surface area (Å²) in [6, 6.07) is 0. The summed E-state index contributed by atoms with van der Waals surface area (Å²) in [4.78, 5) is 26.1. The highest BCUT2D eigenvalue weighted by atomic mass is 16.6. The van der Waals surface area contributed by atoms with Crippen LogP contribution in [0.4, 0.5) is 0 Å². The fourth-order valence-electron chi connectivity index (χ4n) is 5.32. The summed E-state index contributed by atoms with van der Waals surface area (Å²) < 4.78 is 11.8. The van der Waals surface area contributed by atoms with Gasteiger partial charge in [-0.05, 0) is 50.0 Å². The third-order valence-electron chi connectivity index (χ3n) is 6.85. The van der Waals surface area contributed by atoms with Gasteiger partial charge in [0.1, 0.15) is 5.57 Å². The molecule has 4 heteroatoms. The maximum atomic E-state index is 13.2. The molecule has 0 saturated carbocycles. The number of methoxy groups -OCH3 is 1. The maximum Gasteiger partial charge on any atom is 0.346 e. The summed E-state index contributed by atoms with van der Waals surface area (Å²) in [5.74, 6) is 0.861. The Morgan fingerprint density at radius 3 is 2.50 bits per heavy atom. The molecule has 0 amide bonds. The van der Waals surface area contributed by atoms with Crippen molar-refractivity contribution < 1.29 is 19.1 Å². The van der Waals surface area contributed by atoms with Crippen LogP contribution in [0.1, 0.15) is 66.7 Å². The molecular formula is C24H34O4. The van der Waals surface area contributed by atoms with Gasteiger partial charge in [-0.25, -0.2) is 4.79 Å². The number of ether oxygens (including phenoxy) is 2. The fraction of sp³-hybridized carbons (Fsp3) is 0.667. The Morgan fingerprint density at radius 2 is 1.82 bits per heavy atom. The largest absolute Gasteiger partial charge is 0.496 e. The highest BCUT2D eigenvalue weighted by molar-refractivity contribution is 6.25. The van der Waals surface area contributed by atoms with Crippen molar-refractivity contribution in [2.75, 3.05) is 7.11 Å². The average Bonchev–Trinajstić information content (AvgIpc) is 2.89. The molecule has 0 aromatic carbocycles. The molecule has 2 aliphatic carbocycles. The minimum Gasteiger partial charge on any atom is -0.496 e. The van der Waals surface area contributed by atoms with Crippen LogP contribution in [0.2, 0.25) is 0 Å². The van der Waals surface area contributed by atoms with Crippen molar-refractivity contribution in [3.05, 3.63) is 34.6 Å². The van der Waals surface area contributed by atoms with Crippen LogP contribution in [0, 0.1) is 23.7 Å². The van der Waals surface area contributed by atoms with Gasteiger partial charge in [-0.15, -0.1) is 0 Å². The molecule has 1 aliphatic heterocycles. The van der Waals surface area contributed by atoms with Gasteiger partial charge in [0.25, 0.3) is 0 Å². The number of rotatable bonds is 1. The average molecular weight is 387 g/mol. The molecule has 0 radical (unpaired) electrons. The molecule has 1 spiro atoms. The Bertz CT molecular complexity index is 757. The molecule has 0 aromatic rings. The van der Waals surface area contributed by atoms with Crippen LogP contribution < -0.4 is 0 Å². The number of Topliss-reactive ketones (excluding diaryl/α,β-unsaturated/α-hetero) is 1. The van der Waals surface area contributed by atoms with E-state index in [1.165, 1.54) is 5.57 Å². The van der Waals surface area contributed by atoms with Crippen molar-refractivity contribution in [2.45, 2.75) is 72.3 Å². The first kappa shape index (κ1) is 20.9. The first-order valence-electron chi connectivity index (χ1n) is 10.6. The highest BCUT2D eigenvalue weighted by Crippen LogP contribution is 2.50. The lowest BCUT2D eigenvalue weighted by Gasteiger charge is -2.42. The second-order valence-corrected chi connectivity index (χ2v) is 9.24. The van der Waals surface area contributed by atoms with E-state index in [2.05, 4.69) is 33.8 Å². The van der Waals surface area contributed by atoms with Crippen molar-refractivity contribution >= 4 is 11.8 Å². The van der Waals surface area contributed by atoms with E-state index >= 15 is 0 Å². The second-order valence-electron chi connectivity index (χ2n) is 9.24. The molecule has 1 heterocycles. The van der Waals surface area contributed by atoms with Crippen molar-refractivity contribution in [3.8, 4) is 0 Å². The molecule has 0 fully saturated rings. The lowest BCUT2D eigenvalue weighted by Crippen LogP contribution is -2.45. The Balaban J connectivity index is 2.15. The predicted octanol–water partition coefficient (Wildman–Crippen LogP) is 5.15. The number of hydrogen-bond donors (Lipinski definition) is 0. The van der Waals surface area contributed by atoms with Crippen molar-refractivity contribution in [3.63, 3.8) is 0 Å². The van der Waals surface area contributed by atoms with Gasteiger partial charge < -0.3 is 9.47 Å². The SMILES string of the molecule is COC1=C2C(=O)O[C@@]13C[C@@H](C)C(C)=C[C@H]3CCC[C@H](C)C[C@H](C)/C=C(\C)C2=O. The Labute approximate surface area is 169 Å². The molecule has 0 aromatic heterocycles. The summed E-state index contributed by atoms with van der Waals surface area (Å²) in [5, 5.41) is 0. The number of carbonyl (C=O) groups excluding carboxylic acids is 2.